The fraction of sp³-hybridized carbons (Fsp3) is 0.227. The molecular formula is C22H23ClN6O3S. The number of nitrogens with two attached hydrogens (primary N) is 1. The number of pyridine rings is 1. The van der Waals surface area contributed by atoms with E-state index < -0.39 is 5.91 Å². The molecule has 9 nitrogen and oxygen atoms in total. The van der Waals surface area contributed by atoms with Crippen LogP contribution in [0.25, 0.3) is 16.9 Å². The van der Waals surface area contributed by atoms with Gasteiger partial charge in [0.25, 0.3) is 5.91 Å². The minimum Gasteiger partial charge on any atom is -0.493 e. The van der Waals surface area contributed by atoms with Gasteiger partial charge in [0.1, 0.15) is 18.0 Å². The number of methoxy groups -OCH3 is 2. The molecule has 11 heteroatoms. The topological polar surface area (TPSA) is 116 Å². The van der Waals surface area contributed by atoms with E-state index in [2.05, 4.69) is 15.1 Å². The second-order valence-corrected chi connectivity index (χ2v) is 8.10. The number of carbonyl (C=O) groups is 1. The third kappa shape index (κ3) is 4.58. The minimum atomic E-state index is -0.461. The number of thiophene rings is 1. The summed E-state index contributed by atoms with van der Waals surface area (Å²) in [6.45, 7) is 0.470. The van der Waals surface area contributed by atoms with Gasteiger partial charge < -0.3 is 20.5 Å². The van der Waals surface area contributed by atoms with Gasteiger partial charge in [-0.25, -0.2) is 9.97 Å². The van der Waals surface area contributed by atoms with Gasteiger partial charge in [-0.2, -0.15) is 11.3 Å². The molecule has 0 spiro atoms. The van der Waals surface area contributed by atoms with Crippen LogP contribution in [0.1, 0.15) is 28.4 Å². The van der Waals surface area contributed by atoms with E-state index in [1.165, 1.54) is 0 Å². The van der Waals surface area contributed by atoms with Crippen LogP contribution in [0.4, 0.5) is 5.82 Å². The van der Waals surface area contributed by atoms with Gasteiger partial charge >= 0.3 is 0 Å². The summed E-state index contributed by atoms with van der Waals surface area (Å²) < 4.78 is 12.6. The van der Waals surface area contributed by atoms with Crippen molar-refractivity contribution in [2.75, 3.05) is 26.1 Å². The van der Waals surface area contributed by atoms with Crippen LogP contribution in [-0.2, 0) is 0 Å². The van der Waals surface area contributed by atoms with Crippen LogP contribution in [-0.4, -0.2) is 41.2 Å². The molecule has 1 amide bonds. The molecule has 4 aromatic rings. The molecule has 172 valence electrons. The van der Waals surface area contributed by atoms with Crippen LogP contribution in [0.5, 0.6) is 11.5 Å². The zero-order valence-corrected chi connectivity index (χ0v) is 19.6. The first kappa shape index (κ1) is 22.8. The van der Waals surface area contributed by atoms with E-state index in [-0.39, 0.29) is 6.04 Å². The summed E-state index contributed by atoms with van der Waals surface area (Å²) >= 11 is 7.21. The highest BCUT2D eigenvalue weighted by molar-refractivity contribution is 7.08. The summed E-state index contributed by atoms with van der Waals surface area (Å²) in [6, 6.07) is 8.93. The number of imidazole rings is 1. The molecule has 1 aromatic carbocycles. The van der Waals surface area contributed by atoms with Gasteiger partial charge in [-0.05, 0) is 47.5 Å². The highest BCUT2D eigenvalue weighted by atomic mass is 35.5. The smallest absolute Gasteiger partial charge is 0.269 e. The molecule has 0 fully saturated rings. The maximum Gasteiger partial charge on any atom is 0.269 e. The summed E-state index contributed by atoms with van der Waals surface area (Å²) in [7, 11) is 3.15. The molecule has 3 heterocycles. The van der Waals surface area contributed by atoms with E-state index in [1.807, 2.05) is 27.5 Å². The quantitative estimate of drug-likeness (QED) is 0.307. The van der Waals surface area contributed by atoms with Crippen LogP contribution >= 0.6 is 23.1 Å². The van der Waals surface area contributed by atoms with Crippen molar-refractivity contribution < 1.29 is 14.3 Å². The Balaban J connectivity index is 1.80. The molecule has 0 aliphatic carbocycles. The predicted molar refractivity (Wildman–Crippen MR) is 130 cm³/mol. The summed E-state index contributed by atoms with van der Waals surface area (Å²) in [5.41, 5.74) is 8.71. The highest BCUT2D eigenvalue weighted by Gasteiger charge is 2.20. The van der Waals surface area contributed by atoms with E-state index in [1.54, 1.807) is 50.1 Å². The minimum absolute atomic E-state index is 0.116. The van der Waals surface area contributed by atoms with E-state index >= 15 is 0 Å². The second-order valence-electron chi connectivity index (χ2n) is 7.13. The lowest BCUT2D eigenvalue weighted by Gasteiger charge is -2.20. The van der Waals surface area contributed by atoms with Gasteiger partial charge in [0.05, 0.1) is 36.9 Å². The highest BCUT2D eigenvalue weighted by Crippen LogP contribution is 2.33. The van der Waals surface area contributed by atoms with Gasteiger partial charge in [0.15, 0.2) is 11.5 Å². The lowest BCUT2D eigenvalue weighted by molar-refractivity contribution is 0.0982. The average molecular weight is 487 g/mol. The Kier molecular flexibility index (Phi) is 6.97. The third-order valence-corrected chi connectivity index (χ3v) is 6.10. The molecule has 3 aromatic heterocycles. The van der Waals surface area contributed by atoms with E-state index in [9.17, 15) is 4.79 Å². The lowest BCUT2D eigenvalue weighted by atomic mass is 10.1. The van der Waals surface area contributed by atoms with Crippen molar-refractivity contribution in [1.29, 1.82) is 0 Å². The average Bonchev–Trinajstić information content (AvgIpc) is 3.52. The molecule has 4 N–H and O–H groups in total. The van der Waals surface area contributed by atoms with E-state index in [0.717, 1.165) is 11.1 Å². The zero-order chi connectivity index (χ0) is 23.4. The first-order valence-electron chi connectivity index (χ1n) is 10.1. The molecule has 0 aliphatic rings. The summed E-state index contributed by atoms with van der Waals surface area (Å²) in [6.07, 6.45) is 2.32. The fourth-order valence-electron chi connectivity index (χ4n) is 3.57. The summed E-state index contributed by atoms with van der Waals surface area (Å²) in [5.74, 6) is 1.65. The standard InChI is InChI=1S/C22H23ClN6O3S/c1-31-18-9-16-17(10-19(18)32-2)29(12-25-16)20-4-3-14(22(30)28-23)21(27-20)26-15(5-7-24)13-6-8-33-11-13/h3-4,6,8-12,15H,5,7,24H2,1-2H3,(H,26,27)(H,28,30). The van der Waals surface area contributed by atoms with Crippen LogP contribution in [0.2, 0.25) is 0 Å². The second kappa shape index (κ2) is 10.1. The number of carbonyl (C=O) groups excluding carboxylic acids is 1. The maximum absolute atomic E-state index is 12.4. The normalized spacial score (nSPS) is 11.9. The van der Waals surface area contributed by atoms with Gasteiger partial charge in [-0.15, -0.1) is 0 Å². The van der Waals surface area contributed by atoms with Crippen molar-refractivity contribution in [2.24, 2.45) is 5.73 Å². The number of aromatic nitrogens is 3. The molecular weight excluding hydrogens is 464 g/mol. The summed E-state index contributed by atoms with van der Waals surface area (Å²) in [4.78, 5) is 23.8. The third-order valence-electron chi connectivity index (χ3n) is 5.22. The lowest BCUT2D eigenvalue weighted by Crippen LogP contribution is -2.21. The number of anilines is 1. The van der Waals surface area contributed by atoms with Gasteiger partial charge in [-0.3, -0.25) is 14.2 Å². The first-order chi connectivity index (χ1) is 16.1. The number of rotatable bonds is 9. The molecule has 0 aliphatic heterocycles. The predicted octanol–water partition coefficient (Wildman–Crippen LogP) is 3.88. The molecule has 1 atom stereocenters. The molecule has 33 heavy (non-hydrogen) atoms. The largest absolute Gasteiger partial charge is 0.493 e. The van der Waals surface area contributed by atoms with E-state index in [4.69, 9.17) is 32.0 Å². The van der Waals surface area contributed by atoms with Crippen molar-refractivity contribution in [3.63, 3.8) is 0 Å². The molecule has 0 bridgehead atoms. The molecule has 0 saturated carbocycles. The van der Waals surface area contributed by atoms with E-state index in [0.29, 0.717) is 47.2 Å². The zero-order valence-electron chi connectivity index (χ0n) is 18.0. The van der Waals surface area contributed by atoms with Crippen molar-refractivity contribution in [3.8, 4) is 17.3 Å². The number of benzene rings is 1. The fourth-order valence-corrected chi connectivity index (χ4v) is 4.39. The molecule has 1 unspecified atom stereocenters. The van der Waals surface area contributed by atoms with Crippen molar-refractivity contribution in [1.82, 2.24) is 19.4 Å². The monoisotopic (exact) mass is 486 g/mol. The Bertz CT molecular complexity index is 1260. The van der Waals surface area contributed by atoms with Crippen LogP contribution in [0.15, 0.2) is 47.4 Å². The number of nitrogens with one attached hydrogen (secondary N) is 2. The number of amides is 1. The van der Waals surface area contributed by atoms with Crippen LogP contribution < -0.4 is 25.4 Å². The number of fused-ring (bicyclic) bond motifs is 1. The number of hydrogen-bond donors (Lipinski definition) is 3. The molecule has 4 rings (SSSR count). The van der Waals surface area contributed by atoms with Crippen molar-refractivity contribution >= 4 is 45.9 Å². The number of ether oxygens (including phenoxy) is 2. The maximum atomic E-state index is 12.4. The summed E-state index contributed by atoms with van der Waals surface area (Å²) in [5, 5.41) is 7.41. The number of nitrogens with zero attached hydrogens (tertiary/aromatic N) is 3. The van der Waals surface area contributed by atoms with Crippen molar-refractivity contribution in [3.05, 3.63) is 58.5 Å². The molecule has 0 radical (unpaired) electrons. The Hall–Kier alpha value is -3.34. The SMILES string of the molecule is COc1cc2ncn(-c3ccc(C(=O)NCl)c(NC(CCN)c4ccsc4)n3)c2cc1OC. The van der Waals surface area contributed by atoms with Crippen molar-refractivity contribution in [2.45, 2.75) is 12.5 Å². The number of halogens is 1. The van der Waals surface area contributed by atoms with Gasteiger partial charge in [0, 0.05) is 23.9 Å². The Morgan fingerprint density at radius 1 is 1.24 bits per heavy atom. The van der Waals surface area contributed by atoms with Gasteiger partial charge in [-0.1, -0.05) is 0 Å². The molecule has 0 saturated heterocycles. The first-order valence-corrected chi connectivity index (χ1v) is 11.4. The Morgan fingerprint density at radius 3 is 2.70 bits per heavy atom. The van der Waals surface area contributed by atoms with Crippen LogP contribution in [0, 0.1) is 0 Å². The Labute approximate surface area is 199 Å². The number of hydrogen-bond acceptors (Lipinski definition) is 8. The van der Waals surface area contributed by atoms with Crippen LogP contribution in [0.3, 0.4) is 0 Å². The Morgan fingerprint density at radius 2 is 2.03 bits per heavy atom. The van der Waals surface area contributed by atoms with Gasteiger partial charge in [0.2, 0.25) is 0 Å².